The Balaban J connectivity index is 3.20. The minimum absolute atomic E-state index is 0.218. The Labute approximate surface area is 125 Å². The lowest BCUT2D eigenvalue weighted by atomic mass is 10.0. The largest absolute Gasteiger partial charge is 0.416 e. The molecule has 2 nitrogen and oxygen atoms in total. The van der Waals surface area contributed by atoms with E-state index in [0.29, 0.717) is 24.3 Å². The molecule has 1 aromatic rings. The van der Waals surface area contributed by atoms with Gasteiger partial charge in [0.05, 0.1) is 5.56 Å². The highest BCUT2D eigenvalue weighted by Crippen LogP contribution is 2.35. The van der Waals surface area contributed by atoms with E-state index in [1.54, 1.807) is 12.1 Å². The summed E-state index contributed by atoms with van der Waals surface area (Å²) in [5, 5.41) is 2.96. The second kappa shape index (κ2) is 7.69. The lowest BCUT2D eigenvalue weighted by molar-refractivity contribution is -0.138. The van der Waals surface area contributed by atoms with Gasteiger partial charge in [-0.3, -0.25) is 0 Å². The monoisotopic (exact) mass is 302 g/mol. The van der Waals surface area contributed by atoms with Gasteiger partial charge in [-0.1, -0.05) is 19.9 Å². The Kier molecular flexibility index (Phi) is 6.52. The van der Waals surface area contributed by atoms with Crippen LogP contribution in [0.15, 0.2) is 18.2 Å². The first-order chi connectivity index (χ1) is 9.85. The highest BCUT2D eigenvalue weighted by Gasteiger charge is 2.33. The fourth-order valence-electron chi connectivity index (χ4n) is 2.39. The van der Waals surface area contributed by atoms with Crippen LogP contribution in [-0.2, 0) is 12.7 Å². The molecule has 1 N–H and O–H groups in total. The predicted octanol–water partition coefficient (Wildman–Crippen LogP) is 4.44. The Morgan fingerprint density at radius 2 is 1.86 bits per heavy atom. The van der Waals surface area contributed by atoms with E-state index >= 15 is 0 Å². The summed E-state index contributed by atoms with van der Waals surface area (Å²) in [6, 6.07) is 4.88. The zero-order valence-electron chi connectivity index (χ0n) is 13.2. The molecule has 0 aliphatic heterocycles. The van der Waals surface area contributed by atoms with E-state index in [1.165, 1.54) is 6.07 Å². The molecule has 0 amide bonds. The number of halogens is 3. The fourth-order valence-corrected chi connectivity index (χ4v) is 2.39. The Bertz CT molecular complexity index is 444. The third-order valence-electron chi connectivity index (χ3n) is 3.76. The summed E-state index contributed by atoms with van der Waals surface area (Å²) in [6.45, 7) is 9.49. The van der Waals surface area contributed by atoms with Crippen LogP contribution in [0, 0.1) is 0 Å². The summed E-state index contributed by atoms with van der Waals surface area (Å²) in [4.78, 5) is 2.01. The zero-order chi connectivity index (χ0) is 16.0. The molecule has 0 aliphatic rings. The first-order valence-corrected chi connectivity index (χ1v) is 7.52. The molecule has 1 rings (SSSR count). The van der Waals surface area contributed by atoms with Crippen molar-refractivity contribution in [3.63, 3.8) is 0 Å². The summed E-state index contributed by atoms with van der Waals surface area (Å²) >= 11 is 0. The smallest absolute Gasteiger partial charge is 0.369 e. The lowest BCUT2D eigenvalue weighted by Gasteiger charge is -2.30. The molecule has 21 heavy (non-hydrogen) atoms. The van der Waals surface area contributed by atoms with Crippen molar-refractivity contribution >= 4 is 5.69 Å². The van der Waals surface area contributed by atoms with Gasteiger partial charge in [-0.15, -0.1) is 0 Å². The average Bonchev–Trinajstić information content (AvgIpc) is 2.45. The minimum Gasteiger partial charge on any atom is -0.369 e. The topological polar surface area (TPSA) is 15.3 Å². The Hall–Kier alpha value is -1.23. The van der Waals surface area contributed by atoms with Crippen LogP contribution >= 0.6 is 0 Å². The van der Waals surface area contributed by atoms with Gasteiger partial charge in [-0.2, -0.15) is 13.2 Å². The van der Waals surface area contributed by atoms with Crippen molar-refractivity contribution in [1.29, 1.82) is 0 Å². The summed E-state index contributed by atoms with van der Waals surface area (Å²) in [5.74, 6) is 0. The molecule has 0 aromatic heterocycles. The van der Waals surface area contributed by atoms with Gasteiger partial charge in [0.25, 0.3) is 0 Å². The lowest BCUT2D eigenvalue weighted by Crippen LogP contribution is -2.32. The van der Waals surface area contributed by atoms with Gasteiger partial charge < -0.3 is 10.2 Å². The molecule has 1 aromatic carbocycles. The maximum atomic E-state index is 13.3. The van der Waals surface area contributed by atoms with Gasteiger partial charge in [0.1, 0.15) is 0 Å². The third kappa shape index (κ3) is 4.63. The van der Waals surface area contributed by atoms with Gasteiger partial charge in [-0.25, -0.2) is 0 Å². The van der Waals surface area contributed by atoms with Crippen LogP contribution in [0.25, 0.3) is 0 Å². The highest BCUT2D eigenvalue weighted by molar-refractivity contribution is 5.52. The van der Waals surface area contributed by atoms with Crippen LogP contribution in [0.5, 0.6) is 0 Å². The molecule has 0 bridgehead atoms. The molecule has 0 saturated carbocycles. The predicted molar refractivity (Wildman–Crippen MR) is 81.6 cm³/mol. The SMILES string of the molecule is CCNCc1ccc(N(CC)C(C)CC)cc1C(F)(F)F. The van der Waals surface area contributed by atoms with E-state index in [9.17, 15) is 13.2 Å². The van der Waals surface area contributed by atoms with Crippen LogP contribution in [0.2, 0.25) is 0 Å². The number of nitrogens with zero attached hydrogens (tertiary/aromatic N) is 1. The van der Waals surface area contributed by atoms with E-state index < -0.39 is 11.7 Å². The average molecular weight is 302 g/mol. The van der Waals surface area contributed by atoms with Crippen molar-refractivity contribution in [1.82, 2.24) is 5.32 Å². The van der Waals surface area contributed by atoms with E-state index in [-0.39, 0.29) is 12.6 Å². The second-order valence-electron chi connectivity index (χ2n) is 5.16. The molecular weight excluding hydrogens is 277 g/mol. The van der Waals surface area contributed by atoms with Gasteiger partial charge in [0.2, 0.25) is 0 Å². The first-order valence-electron chi connectivity index (χ1n) is 7.52. The first kappa shape index (κ1) is 17.8. The summed E-state index contributed by atoms with van der Waals surface area (Å²) in [7, 11) is 0. The molecular formula is C16H25F3N2. The van der Waals surface area contributed by atoms with Crippen LogP contribution < -0.4 is 10.2 Å². The molecule has 5 heteroatoms. The van der Waals surface area contributed by atoms with Crippen LogP contribution in [0.1, 0.15) is 45.2 Å². The third-order valence-corrected chi connectivity index (χ3v) is 3.76. The molecule has 0 spiro atoms. The molecule has 1 unspecified atom stereocenters. The molecule has 1 atom stereocenters. The molecule has 0 saturated heterocycles. The van der Waals surface area contributed by atoms with Crippen molar-refractivity contribution in [2.75, 3.05) is 18.0 Å². The maximum absolute atomic E-state index is 13.3. The number of hydrogen-bond donors (Lipinski definition) is 1. The van der Waals surface area contributed by atoms with Gasteiger partial charge in [0.15, 0.2) is 0 Å². The van der Waals surface area contributed by atoms with E-state index in [0.717, 1.165) is 6.42 Å². The summed E-state index contributed by atoms with van der Waals surface area (Å²) in [6.07, 6.45) is -3.43. The molecule has 0 fully saturated rings. The van der Waals surface area contributed by atoms with Crippen molar-refractivity contribution < 1.29 is 13.2 Å². The number of anilines is 1. The highest BCUT2D eigenvalue weighted by atomic mass is 19.4. The summed E-state index contributed by atoms with van der Waals surface area (Å²) in [5.41, 5.74) is 0.399. The zero-order valence-corrected chi connectivity index (χ0v) is 13.2. The molecule has 120 valence electrons. The minimum atomic E-state index is -4.32. The number of rotatable bonds is 7. The Morgan fingerprint density at radius 1 is 1.19 bits per heavy atom. The second-order valence-corrected chi connectivity index (χ2v) is 5.16. The van der Waals surface area contributed by atoms with Crippen LogP contribution in [0.4, 0.5) is 18.9 Å². The number of nitrogens with one attached hydrogen (secondary N) is 1. The number of alkyl halides is 3. The Morgan fingerprint density at radius 3 is 2.33 bits per heavy atom. The molecule has 0 heterocycles. The van der Waals surface area contributed by atoms with Gasteiger partial charge in [0, 0.05) is 24.8 Å². The van der Waals surface area contributed by atoms with E-state index in [1.807, 2.05) is 32.6 Å². The number of hydrogen-bond acceptors (Lipinski definition) is 2. The van der Waals surface area contributed by atoms with Crippen molar-refractivity contribution in [3.8, 4) is 0 Å². The molecule has 0 radical (unpaired) electrons. The van der Waals surface area contributed by atoms with Crippen LogP contribution in [0.3, 0.4) is 0 Å². The fraction of sp³-hybridized carbons (Fsp3) is 0.625. The summed E-state index contributed by atoms with van der Waals surface area (Å²) < 4.78 is 39.8. The van der Waals surface area contributed by atoms with E-state index in [4.69, 9.17) is 0 Å². The van der Waals surface area contributed by atoms with Crippen LogP contribution in [-0.4, -0.2) is 19.1 Å². The standard InChI is InChI=1S/C16H25F3N2/c1-5-12(4)21(7-3)14-9-8-13(11-20-6-2)15(10-14)16(17,18)19/h8-10,12,20H,5-7,11H2,1-4H3. The van der Waals surface area contributed by atoms with Gasteiger partial charge in [-0.05, 0) is 44.5 Å². The normalized spacial score (nSPS) is 13.3. The van der Waals surface area contributed by atoms with Crippen molar-refractivity contribution in [2.24, 2.45) is 0 Å². The van der Waals surface area contributed by atoms with Gasteiger partial charge >= 0.3 is 6.18 Å². The van der Waals surface area contributed by atoms with Crippen molar-refractivity contribution in [2.45, 2.75) is 52.9 Å². The van der Waals surface area contributed by atoms with E-state index in [2.05, 4.69) is 5.32 Å². The maximum Gasteiger partial charge on any atom is 0.416 e. The quantitative estimate of drug-likeness (QED) is 0.801. The number of benzene rings is 1. The van der Waals surface area contributed by atoms with Crippen molar-refractivity contribution in [3.05, 3.63) is 29.3 Å². The molecule has 0 aliphatic carbocycles.